The van der Waals surface area contributed by atoms with Gasteiger partial charge in [0.15, 0.2) is 0 Å². The molecule has 1 rings (SSSR count). The van der Waals surface area contributed by atoms with Crippen LogP contribution >= 0.6 is 0 Å². The maximum absolute atomic E-state index is 5.79. The van der Waals surface area contributed by atoms with Crippen LogP contribution in [0.1, 0.15) is 26.2 Å². The van der Waals surface area contributed by atoms with Gasteiger partial charge in [0, 0.05) is 24.4 Å². The lowest BCUT2D eigenvalue weighted by Gasteiger charge is -2.35. The van der Waals surface area contributed by atoms with E-state index in [4.69, 9.17) is 5.73 Å². The molecule has 18 heavy (non-hydrogen) atoms. The second-order valence-corrected chi connectivity index (χ2v) is 4.81. The molecule has 0 fully saturated rings. The van der Waals surface area contributed by atoms with Crippen molar-refractivity contribution in [2.24, 2.45) is 11.1 Å². The van der Waals surface area contributed by atoms with Gasteiger partial charge in [-0.25, -0.2) is 0 Å². The molecule has 0 saturated carbocycles. The predicted molar refractivity (Wildman–Crippen MR) is 79.8 cm³/mol. The predicted octanol–water partition coefficient (Wildman–Crippen LogP) is 3.42. The topological polar surface area (TPSA) is 38.0 Å². The average Bonchev–Trinajstić information content (AvgIpc) is 2.43. The first-order valence-electron chi connectivity index (χ1n) is 6.38. The number of nitrogens with two attached hydrogens (primary N) is 1. The summed E-state index contributed by atoms with van der Waals surface area (Å²) in [6, 6.07) is 0. The van der Waals surface area contributed by atoms with Crippen molar-refractivity contribution < 1.29 is 0 Å². The molecular formula is C16H24N2. The van der Waals surface area contributed by atoms with E-state index in [-0.39, 0.29) is 5.41 Å². The average molecular weight is 244 g/mol. The third kappa shape index (κ3) is 3.39. The maximum atomic E-state index is 5.79. The van der Waals surface area contributed by atoms with Crippen LogP contribution in [0.25, 0.3) is 0 Å². The van der Waals surface area contributed by atoms with Crippen LogP contribution in [0.3, 0.4) is 0 Å². The fourth-order valence-corrected chi connectivity index (χ4v) is 2.59. The Labute approximate surface area is 111 Å². The molecule has 98 valence electrons. The van der Waals surface area contributed by atoms with Crippen LogP contribution in [0, 0.1) is 5.41 Å². The molecule has 2 heteroatoms. The molecule has 0 aromatic heterocycles. The van der Waals surface area contributed by atoms with Gasteiger partial charge in [-0.1, -0.05) is 42.0 Å². The lowest BCUT2D eigenvalue weighted by atomic mass is 9.73. The summed E-state index contributed by atoms with van der Waals surface area (Å²) in [5.74, 6) is 0. The second kappa shape index (κ2) is 6.90. The van der Waals surface area contributed by atoms with Crippen molar-refractivity contribution in [3.63, 3.8) is 0 Å². The van der Waals surface area contributed by atoms with Gasteiger partial charge in [-0.3, -0.25) is 0 Å². The molecule has 0 saturated heterocycles. The third-order valence-corrected chi connectivity index (χ3v) is 3.41. The largest absolute Gasteiger partial charge is 0.403 e. The highest BCUT2D eigenvalue weighted by Gasteiger charge is 2.32. The monoisotopic (exact) mass is 244 g/mol. The van der Waals surface area contributed by atoms with E-state index in [1.807, 2.05) is 13.1 Å². The van der Waals surface area contributed by atoms with E-state index in [1.165, 1.54) is 5.57 Å². The van der Waals surface area contributed by atoms with E-state index in [0.29, 0.717) is 0 Å². The smallest absolute Gasteiger partial charge is 0.0334 e. The SMILES string of the molecule is C=CCC1(/C(=C/N)NC)C/C=C/C=C\C=C(/C)C1. The molecule has 1 unspecified atom stereocenters. The maximum Gasteiger partial charge on any atom is 0.0334 e. The van der Waals surface area contributed by atoms with E-state index >= 15 is 0 Å². The van der Waals surface area contributed by atoms with E-state index in [1.54, 1.807) is 6.20 Å². The van der Waals surface area contributed by atoms with Gasteiger partial charge >= 0.3 is 0 Å². The molecule has 0 aromatic carbocycles. The van der Waals surface area contributed by atoms with Gasteiger partial charge < -0.3 is 11.1 Å². The Morgan fingerprint density at radius 3 is 2.89 bits per heavy atom. The third-order valence-electron chi connectivity index (χ3n) is 3.41. The van der Waals surface area contributed by atoms with Crippen LogP contribution in [0.2, 0.25) is 0 Å². The minimum atomic E-state index is -0.00560. The molecule has 0 heterocycles. The Balaban J connectivity index is 3.18. The van der Waals surface area contributed by atoms with Crippen molar-refractivity contribution in [2.45, 2.75) is 26.2 Å². The van der Waals surface area contributed by atoms with Gasteiger partial charge in [-0.05, 0) is 26.2 Å². The molecule has 0 bridgehead atoms. The first kappa shape index (κ1) is 14.4. The molecule has 3 N–H and O–H groups in total. The number of allylic oxidation sites excluding steroid dienone is 8. The van der Waals surface area contributed by atoms with Crippen molar-refractivity contribution in [1.29, 1.82) is 0 Å². The Kier molecular flexibility index (Phi) is 5.50. The van der Waals surface area contributed by atoms with Gasteiger partial charge in [-0.15, -0.1) is 6.58 Å². The number of rotatable bonds is 4. The summed E-state index contributed by atoms with van der Waals surface area (Å²) in [5, 5.41) is 3.24. The Morgan fingerprint density at radius 2 is 2.28 bits per heavy atom. The summed E-state index contributed by atoms with van der Waals surface area (Å²) in [7, 11) is 1.93. The molecule has 1 aliphatic rings. The second-order valence-electron chi connectivity index (χ2n) is 4.81. The van der Waals surface area contributed by atoms with E-state index in [2.05, 4.69) is 49.2 Å². The quantitative estimate of drug-likeness (QED) is 0.744. The molecule has 1 aliphatic carbocycles. The summed E-state index contributed by atoms with van der Waals surface area (Å²) < 4.78 is 0. The van der Waals surface area contributed by atoms with E-state index in [9.17, 15) is 0 Å². The highest BCUT2D eigenvalue weighted by molar-refractivity contribution is 5.25. The van der Waals surface area contributed by atoms with Gasteiger partial charge in [0.1, 0.15) is 0 Å². The van der Waals surface area contributed by atoms with Gasteiger partial charge in [0.2, 0.25) is 0 Å². The first-order valence-corrected chi connectivity index (χ1v) is 6.38. The van der Waals surface area contributed by atoms with Crippen molar-refractivity contribution in [2.75, 3.05) is 7.05 Å². The summed E-state index contributed by atoms with van der Waals surface area (Å²) in [5.41, 5.74) is 8.22. The van der Waals surface area contributed by atoms with Crippen molar-refractivity contribution in [3.8, 4) is 0 Å². The lowest BCUT2D eigenvalue weighted by Crippen LogP contribution is -2.31. The summed E-state index contributed by atoms with van der Waals surface area (Å²) in [4.78, 5) is 0. The minimum absolute atomic E-state index is 0.00560. The van der Waals surface area contributed by atoms with Gasteiger partial charge in [0.25, 0.3) is 0 Å². The Morgan fingerprint density at radius 1 is 1.50 bits per heavy atom. The normalized spacial score (nSPS) is 31.2. The molecule has 0 amide bonds. The Hall–Kier alpha value is -1.70. The Bertz CT molecular complexity index is 399. The van der Waals surface area contributed by atoms with Crippen LogP contribution in [0.15, 0.2) is 60.5 Å². The zero-order valence-corrected chi connectivity index (χ0v) is 11.4. The lowest BCUT2D eigenvalue weighted by molar-refractivity contribution is 0.340. The van der Waals surface area contributed by atoms with Gasteiger partial charge in [0.05, 0.1) is 0 Å². The summed E-state index contributed by atoms with van der Waals surface area (Å²) >= 11 is 0. The molecule has 0 aromatic rings. The zero-order valence-electron chi connectivity index (χ0n) is 11.4. The summed E-state index contributed by atoms with van der Waals surface area (Å²) in [6.45, 7) is 6.06. The van der Waals surface area contributed by atoms with Gasteiger partial charge in [-0.2, -0.15) is 0 Å². The fraction of sp³-hybridized carbons (Fsp3) is 0.375. The fourth-order valence-electron chi connectivity index (χ4n) is 2.59. The summed E-state index contributed by atoms with van der Waals surface area (Å²) in [6.07, 6.45) is 17.1. The number of nitrogens with one attached hydrogen (secondary N) is 1. The molecule has 0 spiro atoms. The molecule has 1 atom stereocenters. The van der Waals surface area contributed by atoms with Crippen LogP contribution < -0.4 is 11.1 Å². The molecule has 0 aliphatic heterocycles. The zero-order chi connectivity index (χ0) is 13.4. The minimum Gasteiger partial charge on any atom is -0.403 e. The van der Waals surface area contributed by atoms with E-state index in [0.717, 1.165) is 25.0 Å². The molecule has 0 radical (unpaired) electrons. The van der Waals surface area contributed by atoms with Crippen molar-refractivity contribution in [3.05, 3.63) is 60.5 Å². The van der Waals surface area contributed by atoms with Crippen LogP contribution in [0.5, 0.6) is 0 Å². The van der Waals surface area contributed by atoms with Crippen LogP contribution in [0.4, 0.5) is 0 Å². The van der Waals surface area contributed by atoms with Crippen molar-refractivity contribution in [1.82, 2.24) is 5.32 Å². The molecule has 2 nitrogen and oxygen atoms in total. The standard InChI is InChI=1S/C16H24N2/c1-4-10-16(15(13-17)18-3)11-8-6-5-7-9-14(2)12-16/h4-9,13,18H,1,10-12,17H2,2-3H3/b7-5-,8-6+,14-9+,15-13-. The van der Waals surface area contributed by atoms with E-state index < -0.39 is 0 Å². The highest BCUT2D eigenvalue weighted by Crippen LogP contribution is 2.40. The highest BCUT2D eigenvalue weighted by atomic mass is 14.9. The first-order chi connectivity index (χ1) is 8.68. The number of hydrogen-bond donors (Lipinski definition) is 2. The molecular weight excluding hydrogens is 220 g/mol. The van der Waals surface area contributed by atoms with Crippen LogP contribution in [-0.2, 0) is 0 Å². The van der Waals surface area contributed by atoms with Crippen LogP contribution in [-0.4, -0.2) is 7.05 Å². The van der Waals surface area contributed by atoms with Crippen molar-refractivity contribution >= 4 is 0 Å². The number of hydrogen-bond acceptors (Lipinski definition) is 2.